The number of nitrogens with zero attached hydrogens (tertiary/aromatic N) is 3. The molecule has 0 radical (unpaired) electrons. The first-order chi connectivity index (χ1) is 11.9. The molecule has 0 unspecified atom stereocenters. The lowest BCUT2D eigenvalue weighted by Crippen LogP contribution is -2.14. The number of carbonyl (C=O) groups excluding carboxylic acids is 1. The van der Waals surface area contributed by atoms with Gasteiger partial charge in [0, 0.05) is 5.69 Å². The summed E-state index contributed by atoms with van der Waals surface area (Å²) in [4.78, 5) is 17.3. The second-order valence-electron chi connectivity index (χ2n) is 5.73. The van der Waals surface area contributed by atoms with E-state index in [0.717, 1.165) is 32.4 Å². The number of aryl methyl sites for hydroxylation is 4. The van der Waals surface area contributed by atoms with Crippen LogP contribution in [0.5, 0.6) is 0 Å². The van der Waals surface area contributed by atoms with Crippen LogP contribution in [0.3, 0.4) is 0 Å². The quantitative estimate of drug-likeness (QED) is 0.676. The van der Waals surface area contributed by atoms with Crippen LogP contribution in [-0.2, 0) is 4.79 Å². The normalized spacial score (nSPS) is 10.9. The zero-order chi connectivity index (χ0) is 18.0. The van der Waals surface area contributed by atoms with Crippen molar-refractivity contribution in [3.05, 3.63) is 40.0 Å². The SMILES string of the molecule is Cc1cc(C)cc(NC(=O)CSc2nnc(-c3sc(C)nc3C)o2)c1. The summed E-state index contributed by atoms with van der Waals surface area (Å²) < 4.78 is 5.63. The molecular weight excluding hydrogens is 356 g/mol. The predicted molar refractivity (Wildman–Crippen MR) is 100 cm³/mol. The van der Waals surface area contributed by atoms with E-state index < -0.39 is 0 Å². The van der Waals surface area contributed by atoms with E-state index in [4.69, 9.17) is 4.42 Å². The Hall–Kier alpha value is -2.19. The highest BCUT2D eigenvalue weighted by atomic mass is 32.2. The van der Waals surface area contributed by atoms with E-state index in [0.29, 0.717) is 11.1 Å². The largest absolute Gasteiger partial charge is 0.410 e. The van der Waals surface area contributed by atoms with Crippen molar-refractivity contribution in [2.24, 2.45) is 0 Å². The molecule has 0 aliphatic carbocycles. The number of rotatable bonds is 5. The second kappa shape index (κ2) is 7.37. The van der Waals surface area contributed by atoms with Gasteiger partial charge in [0.15, 0.2) is 0 Å². The lowest BCUT2D eigenvalue weighted by molar-refractivity contribution is -0.113. The average Bonchev–Trinajstić information content (AvgIpc) is 3.10. The van der Waals surface area contributed by atoms with E-state index in [-0.39, 0.29) is 11.7 Å². The van der Waals surface area contributed by atoms with Crippen molar-refractivity contribution in [1.82, 2.24) is 15.2 Å². The molecule has 0 bridgehead atoms. The first-order valence-electron chi connectivity index (χ1n) is 7.69. The second-order valence-corrected chi connectivity index (χ2v) is 7.86. The third-order valence-corrected chi connectivity index (χ3v) is 5.22. The minimum Gasteiger partial charge on any atom is -0.410 e. The van der Waals surface area contributed by atoms with Gasteiger partial charge in [-0.3, -0.25) is 4.79 Å². The molecule has 3 rings (SSSR count). The lowest BCUT2D eigenvalue weighted by Gasteiger charge is -2.06. The highest BCUT2D eigenvalue weighted by molar-refractivity contribution is 7.99. The molecular formula is C17H18N4O2S2. The summed E-state index contributed by atoms with van der Waals surface area (Å²) in [5, 5.41) is 12.3. The van der Waals surface area contributed by atoms with E-state index in [1.165, 1.54) is 23.1 Å². The minimum absolute atomic E-state index is 0.112. The Bertz CT molecular complexity index is 897. The molecule has 0 fully saturated rings. The number of hydrogen-bond donors (Lipinski definition) is 1. The molecule has 0 atom stereocenters. The van der Waals surface area contributed by atoms with Crippen LogP contribution in [0, 0.1) is 27.7 Å². The molecule has 1 amide bonds. The molecule has 1 N–H and O–H groups in total. The van der Waals surface area contributed by atoms with Crippen LogP contribution >= 0.6 is 23.1 Å². The van der Waals surface area contributed by atoms with Gasteiger partial charge in [0.2, 0.25) is 5.91 Å². The van der Waals surface area contributed by atoms with Gasteiger partial charge in [-0.25, -0.2) is 4.98 Å². The maximum atomic E-state index is 12.1. The van der Waals surface area contributed by atoms with Crippen LogP contribution in [-0.4, -0.2) is 26.8 Å². The molecule has 1 aromatic carbocycles. The number of amides is 1. The van der Waals surface area contributed by atoms with E-state index >= 15 is 0 Å². The summed E-state index contributed by atoms with van der Waals surface area (Å²) >= 11 is 2.73. The lowest BCUT2D eigenvalue weighted by atomic mass is 10.1. The van der Waals surface area contributed by atoms with Crippen molar-refractivity contribution in [1.29, 1.82) is 0 Å². The number of aromatic nitrogens is 3. The molecule has 2 aromatic heterocycles. The highest BCUT2D eigenvalue weighted by Gasteiger charge is 2.16. The summed E-state index contributed by atoms with van der Waals surface area (Å²) in [5.74, 6) is 0.537. The van der Waals surface area contributed by atoms with Gasteiger partial charge >= 0.3 is 0 Å². The summed E-state index contributed by atoms with van der Waals surface area (Å²) in [5.41, 5.74) is 3.89. The van der Waals surface area contributed by atoms with Crippen molar-refractivity contribution in [3.63, 3.8) is 0 Å². The van der Waals surface area contributed by atoms with Gasteiger partial charge in [-0.05, 0) is 51.0 Å². The highest BCUT2D eigenvalue weighted by Crippen LogP contribution is 2.30. The van der Waals surface area contributed by atoms with Crippen molar-refractivity contribution < 1.29 is 9.21 Å². The van der Waals surface area contributed by atoms with Crippen molar-refractivity contribution in [2.75, 3.05) is 11.1 Å². The van der Waals surface area contributed by atoms with E-state index in [2.05, 4.69) is 26.6 Å². The van der Waals surface area contributed by atoms with E-state index in [9.17, 15) is 4.79 Å². The summed E-state index contributed by atoms with van der Waals surface area (Å²) in [6.07, 6.45) is 0. The molecule has 0 saturated carbocycles. The van der Waals surface area contributed by atoms with Crippen LogP contribution in [0.2, 0.25) is 0 Å². The maximum Gasteiger partial charge on any atom is 0.277 e. The first kappa shape index (κ1) is 17.6. The monoisotopic (exact) mass is 374 g/mol. The van der Waals surface area contributed by atoms with Crippen LogP contribution in [0.4, 0.5) is 5.69 Å². The van der Waals surface area contributed by atoms with Gasteiger partial charge in [0.1, 0.15) is 4.88 Å². The molecule has 2 heterocycles. The number of thiazole rings is 1. The number of hydrogen-bond acceptors (Lipinski definition) is 7. The molecule has 0 aliphatic heterocycles. The molecule has 0 spiro atoms. The Morgan fingerprint density at radius 3 is 2.52 bits per heavy atom. The number of thioether (sulfide) groups is 1. The Labute approximate surface area is 154 Å². The van der Waals surface area contributed by atoms with E-state index in [1.807, 2.05) is 39.8 Å². The van der Waals surface area contributed by atoms with Gasteiger partial charge in [0.25, 0.3) is 11.1 Å². The predicted octanol–water partition coefficient (Wildman–Crippen LogP) is 4.16. The third kappa shape index (κ3) is 4.46. The van der Waals surface area contributed by atoms with Crippen LogP contribution in [0.1, 0.15) is 21.8 Å². The topological polar surface area (TPSA) is 80.9 Å². The van der Waals surface area contributed by atoms with Crippen molar-refractivity contribution >= 4 is 34.7 Å². The summed E-state index contributed by atoms with van der Waals surface area (Å²) in [6.45, 7) is 7.85. The standard InChI is InChI=1S/C17H18N4O2S2/c1-9-5-10(2)7-13(6-9)19-14(22)8-24-17-21-20-16(23-17)15-11(3)18-12(4)25-15/h5-7H,8H2,1-4H3,(H,19,22). The van der Waals surface area contributed by atoms with Gasteiger partial charge in [-0.2, -0.15) is 0 Å². The van der Waals surface area contributed by atoms with Crippen LogP contribution in [0.25, 0.3) is 10.8 Å². The molecule has 3 aromatic rings. The van der Waals surface area contributed by atoms with Gasteiger partial charge in [-0.1, -0.05) is 17.8 Å². The van der Waals surface area contributed by atoms with Gasteiger partial charge < -0.3 is 9.73 Å². The van der Waals surface area contributed by atoms with E-state index in [1.54, 1.807) is 0 Å². The summed E-state index contributed by atoms with van der Waals surface area (Å²) in [6, 6.07) is 5.94. The molecule has 25 heavy (non-hydrogen) atoms. The van der Waals surface area contributed by atoms with Crippen LogP contribution in [0.15, 0.2) is 27.8 Å². The Kier molecular flexibility index (Phi) is 5.19. The first-order valence-corrected chi connectivity index (χ1v) is 9.50. The average molecular weight is 374 g/mol. The fourth-order valence-electron chi connectivity index (χ4n) is 2.46. The third-order valence-electron chi connectivity index (χ3n) is 3.34. The molecule has 0 saturated heterocycles. The fraction of sp³-hybridized carbons (Fsp3) is 0.294. The molecule has 130 valence electrons. The zero-order valence-electron chi connectivity index (χ0n) is 14.4. The molecule has 8 heteroatoms. The van der Waals surface area contributed by atoms with Gasteiger partial charge in [0.05, 0.1) is 16.5 Å². The van der Waals surface area contributed by atoms with Crippen molar-refractivity contribution in [2.45, 2.75) is 32.9 Å². The zero-order valence-corrected chi connectivity index (χ0v) is 16.0. The summed E-state index contributed by atoms with van der Waals surface area (Å²) in [7, 11) is 0. The smallest absolute Gasteiger partial charge is 0.277 e. The number of carbonyl (C=O) groups is 1. The Morgan fingerprint density at radius 1 is 1.16 bits per heavy atom. The molecule has 6 nitrogen and oxygen atoms in total. The fourth-order valence-corrected chi connectivity index (χ4v) is 3.87. The van der Waals surface area contributed by atoms with Crippen LogP contribution < -0.4 is 5.32 Å². The maximum absolute atomic E-state index is 12.1. The molecule has 0 aliphatic rings. The Balaban J connectivity index is 1.60. The number of anilines is 1. The van der Waals surface area contributed by atoms with Gasteiger partial charge in [-0.15, -0.1) is 21.5 Å². The minimum atomic E-state index is -0.112. The Morgan fingerprint density at radius 2 is 1.88 bits per heavy atom. The number of nitrogens with one attached hydrogen (secondary N) is 1. The van der Waals surface area contributed by atoms with Crippen molar-refractivity contribution in [3.8, 4) is 10.8 Å². The number of benzene rings is 1.